The van der Waals surface area contributed by atoms with Gasteiger partial charge in [-0.1, -0.05) is 54.6 Å². The van der Waals surface area contributed by atoms with Crippen molar-refractivity contribution in [1.82, 2.24) is 9.88 Å². The van der Waals surface area contributed by atoms with Gasteiger partial charge in [0.05, 0.1) is 6.04 Å². The maximum Gasteiger partial charge on any atom is 0.320 e. The number of rotatable bonds is 5. The van der Waals surface area contributed by atoms with E-state index in [4.69, 9.17) is 0 Å². The molecule has 4 heteroatoms. The second kappa shape index (κ2) is 7.95. The van der Waals surface area contributed by atoms with E-state index in [0.717, 1.165) is 35.2 Å². The summed E-state index contributed by atoms with van der Waals surface area (Å²) in [7, 11) is 0. The molecule has 0 spiro atoms. The van der Waals surface area contributed by atoms with E-state index >= 15 is 0 Å². The highest BCUT2D eigenvalue weighted by Crippen LogP contribution is 2.36. The molecule has 1 aliphatic heterocycles. The molecule has 4 rings (SSSR count). The third kappa shape index (κ3) is 3.56. The molecule has 0 saturated carbocycles. The number of aryl methyl sites for hydroxylation is 1. The summed E-state index contributed by atoms with van der Waals surface area (Å²) in [6.07, 6.45) is 5.24. The second-order valence-electron chi connectivity index (χ2n) is 7.36. The summed E-state index contributed by atoms with van der Waals surface area (Å²) >= 11 is 0. The maximum atomic E-state index is 11.8. The van der Waals surface area contributed by atoms with Gasteiger partial charge in [0.25, 0.3) is 0 Å². The van der Waals surface area contributed by atoms with Crippen LogP contribution in [-0.2, 0) is 4.79 Å². The Hall–Kier alpha value is -2.98. The first-order valence-electron chi connectivity index (χ1n) is 9.69. The molecule has 0 amide bonds. The zero-order valence-corrected chi connectivity index (χ0v) is 16.0. The van der Waals surface area contributed by atoms with Crippen LogP contribution in [-0.4, -0.2) is 33.5 Å². The highest BCUT2D eigenvalue weighted by molar-refractivity contribution is 5.74. The van der Waals surface area contributed by atoms with Crippen LogP contribution in [0.3, 0.4) is 0 Å². The van der Waals surface area contributed by atoms with Gasteiger partial charge in [0, 0.05) is 18.9 Å². The first kappa shape index (κ1) is 18.4. The Morgan fingerprint density at radius 2 is 1.79 bits per heavy atom. The Morgan fingerprint density at radius 3 is 2.46 bits per heavy atom. The molecule has 142 valence electrons. The highest BCUT2D eigenvalue weighted by Gasteiger charge is 2.37. The van der Waals surface area contributed by atoms with Crippen LogP contribution in [0.15, 0.2) is 73.1 Å². The molecule has 3 aromatic rings. The van der Waals surface area contributed by atoms with Gasteiger partial charge in [-0.25, -0.2) is 0 Å². The lowest BCUT2D eigenvalue weighted by molar-refractivity contribution is -0.142. The van der Waals surface area contributed by atoms with Crippen LogP contribution in [0.4, 0.5) is 0 Å². The summed E-state index contributed by atoms with van der Waals surface area (Å²) in [5, 5.41) is 9.73. The number of carboxylic acids is 1. The first-order chi connectivity index (χ1) is 13.6. The second-order valence-corrected chi connectivity index (χ2v) is 7.36. The Morgan fingerprint density at radius 1 is 1.07 bits per heavy atom. The molecule has 0 bridgehead atoms. The van der Waals surface area contributed by atoms with Crippen LogP contribution >= 0.6 is 0 Å². The van der Waals surface area contributed by atoms with Crippen molar-refractivity contribution in [2.24, 2.45) is 0 Å². The average Bonchev–Trinajstić information content (AvgIpc) is 3.21. The van der Waals surface area contributed by atoms with Crippen LogP contribution < -0.4 is 0 Å². The minimum Gasteiger partial charge on any atom is -0.480 e. The molecule has 2 heterocycles. The molecule has 1 fully saturated rings. The lowest BCUT2D eigenvalue weighted by Gasteiger charge is -2.33. The summed E-state index contributed by atoms with van der Waals surface area (Å²) in [5.41, 5.74) is 5.65. The maximum absolute atomic E-state index is 11.8. The van der Waals surface area contributed by atoms with Crippen molar-refractivity contribution in [3.05, 3.63) is 89.7 Å². The number of hydrogen-bond acceptors (Lipinski definition) is 3. The minimum atomic E-state index is -0.741. The molecule has 2 aromatic carbocycles. The third-order valence-corrected chi connectivity index (χ3v) is 5.60. The van der Waals surface area contributed by atoms with Crippen molar-refractivity contribution in [3.8, 4) is 11.1 Å². The summed E-state index contributed by atoms with van der Waals surface area (Å²) in [4.78, 5) is 18.2. The topological polar surface area (TPSA) is 53.4 Å². The predicted octanol–water partition coefficient (Wildman–Crippen LogP) is 4.70. The van der Waals surface area contributed by atoms with Crippen LogP contribution in [0.5, 0.6) is 0 Å². The summed E-state index contributed by atoms with van der Waals surface area (Å²) in [5.74, 6) is -0.741. The van der Waals surface area contributed by atoms with Crippen LogP contribution in [0.2, 0.25) is 0 Å². The van der Waals surface area contributed by atoms with E-state index in [0.29, 0.717) is 6.42 Å². The molecule has 2 unspecified atom stereocenters. The number of hydrogen-bond donors (Lipinski definition) is 1. The van der Waals surface area contributed by atoms with Gasteiger partial charge in [-0.2, -0.15) is 0 Å². The fourth-order valence-electron chi connectivity index (χ4n) is 4.19. The first-order valence-corrected chi connectivity index (χ1v) is 9.69. The molecular weight excluding hydrogens is 348 g/mol. The molecular formula is C24H24N2O2. The summed E-state index contributed by atoms with van der Waals surface area (Å²) in [6.45, 7) is 2.82. The van der Waals surface area contributed by atoms with Crippen molar-refractivity contribution in [2.45, 2.75) is 31.8 Å². The number of benzene rings is 2. The van der Waals surface area contributed by atoms with Gasteiger partial charge in [0.15, 0.2) is 0 Å². The number of carbonyl (C=O) groups is 1. The van der Waals surface area contributed by atoms with Crippen molar-refractivity contribution in [2.75, 3.05) is 6.54 Å². The fraction of sp³-hybridized carbons (Fsp3) is 0.250. The van der Waals surface area contributed by atoms with E-state index in [2.05, 4.69) is 46.3 Å². The lowest BCUT2D eigenvalue weighted by Crippen LogP contribution is -2.39. The molecule has 0 aliphatic carbocycles. The summed E-state index contributed by atoms with van der Waals surface area (Å²) < 4.78 is 0. The number of pyridine rings is 1. The van der Waals surface area contributed by atoms with Gasteiger partial charge >= 0.3 is 5.97 Å². The van der Waals surface area contributed by atoms with E-state index in [1.54, 1.807) is 6.20 Å². The van der Waals surface area contributed by atoms with Gasteiger partial charge in [0.2, 0.25) is 0 Å². The van der Waals surface area contributed by atoms with Crippen LogP contribution in [0, 0.1) is 6.92 Å². The molecule has 28 heavy (non-hydrogen) atoms. The van der Waals surface area contributed by atoms with E-state index in [-0.39, 0.29) is 6.04 Å². The van der Waals surface area contributed by atoms with Crippen molar-refractivity contribution >= 4 is 5.97 Å². The van der Waals surface area contributed by atoms with E-state index in [1.807, 2.05) is 37.4 Å². The predicted molar refractivity (Wildman–Crippen MR) is 110 cm³/mol. The van der Waals surface area contributed by atoms with Gasteiger partial charge in [-0.05, 0) is 53.6 Å². The molecule has 2 atom stereocenters. The Bertz CT molecular complexity index is 954. The number of aliphatic carboxylic acids is 1. The number of aromatic nitrogens is 1. The van der Waals surface area contributed by atoms with E-state index in [9.17, 15) is 9.90 Å². The molecule has 1 aliphatic rings. The normalized spacial score (nSPS) is 18.1. The minimum absolute atomic E-state index is 0.0866. The number of likely N-dealkylation sites (tertiary alicyclic amines) is 1. The number of carboxylic acid groups (broad SMARTS) is 1. The van der Waals surface area contributed by atoms with Gasteiger partial charge < -0.3 is 5.11 Å². The molecule has 0 radical (unpaired) electrons. The molecule has 1 N–H and O–H groups in total. The SMILES string of the molecule is Cc1cnccc1C(c1ccc(-c2ccccc2)cc1)N1CCCC1C(=O)O. The van der Waals surface area contributed by atoms with Gasteiger partial charge in [0.1, 0.15) is 6.04 Å². The average molecular weight is 372 g/mol. The van der Waals surface area contributed by atoms with Crippen molar-refractivity contribution < 1.29 is 9.90 Å². The Kier molecular flexibility index (Phi) is 5.22. The Balaban J connectivity index is 1.76. The zero-order valence-electron chi connectivity index (χ0n) is 16.0. The van der Waals surface area contributed by atoms with Gasteiger partial charge in [-0.3, -0.25) is 14.7 Å². The van der Waals surface area contributed by atoms with Gasteiger partial charge in [-0.15, -0.1) is 0 Å². The quantitative estimate of drug-likeness (QED) is 0.706. The Labute approximate surface area is 165 Å². The highest BCUT2D eigenvalue weighted by atomic mass is 16.4. The molecule has 1 saturated heterocycles. The standard InChI is InChI=1S/C24H24N2O2/c1-17-16-25-14-13-21(17)23(26-15-5-8-22(26)24(27)28)20-11-9-19(10-12-20)18-6-3-2-4-7-18/h2-4,6-7,9-14,16,22-23H,5,8,15H2,1H3,(H,27,28). The molecule has 1 aromatic heterocycles. The van der Waals surface area contributed by atoms with E-state index in [1.165, 1.54) is 5.56 Å². The number of nitrogens with zero attached hydrogens (tertiary/aromatic N) is 2. The largest absolute Gasteiger partial charge is 0.480 e. The monoisotopic (exact) mass is 372 g/mol. The lowest BCUT2D eigenvalue weighted by atomic mass is 9.92. The zero-order chi connectivity index (χ0) is 19.5. The van der Waals surface area contributed by atoms with Crippen molar-refractivity contribution in [3.63, 3.8) is 0 Å². The summed E-state index contributed by atoms with van der Waals surface area (Å²) in [6, 6.07) is 20.3. The van der Waals surface area contributed by atoms with Crippen molar-refractivity contribution in [1.29, 1.82) is 0 Å². The smallest absolute Gasteiger partial charge is 0.320 e. The van der Waals surface area contributed by atoms with Crippen LogP contribution in [0.1, 0.15) is 35.6 Å². The molecule has 4 nitrogen and oxygen atoms in total. The van der Waals surface area contributed by atoms with E-state index < -0.39 is 12.0 Å². The fourth-order valence-corrected chi connectivity index (χ4v) is 4.19. The third-order valence-electron chi connectivity index (χ3n) is 5.60. The van der Waals surface area contributed by atoms with Crippen LogP contribution in [0.25, 0.3) is 11.1 Å².